The summed E-state index contributed by atoms with van der Waals surface area (Å²) in [6, 6.07) is 0.357. The summed E-state index contributed by atoms with van der Waals surface area (Å²) in [7, 11) is 0. The van der Waals surface area contributed by atoms with Crippen molar-refractivity contribution in [3.63, 3.8) is 0 Å². The van der Waals surface area contributed by atoms with Crippen LogP contribution in [-0.4, -0.2) is 56.2 Å². The van der Waals surface area contributed by atoms with Gasteiger partial charge in [0.1, 0.15) is 12.2 Å². The van der Waals surface area contributed by atoms with Crippen molar-refractivity contribution in [2.75, 3.05) is 19.8 Å². The summed E-state index contributed by atoms with van der Waals surface area (Å²) in [6.07, 6.45) is 4.65. The number of likely N-dealkylation sites (tertiary alicyclic amines) is 1. The molecule has 1 aromatic heterocycles. The van der Waals surface area contributed by atoms with E-state index in [0.29, 0.717) is 19.3 Å². The van der Waals surface area contributed by atoms with Crippen molar-refractivity contribution >= 4 is 0 Å². The van der Waals surface area contributed by atoms with Crippen molar-refractivity contribution in [3.05, 3.63) is 12.2 Å². The maximum Gasteiger partial charge on any atom is 0.141 e. The minimum absolute atomic E-state index is 0.0690. The molecule has 0 bridgehead atoms. The average molecular weight is 322 g/mol. The molecule has 2 aliphatic rings. The normalized spacial score (nSPS) is 33.3. The van der Waals surface area contributed by atoms with Gasteiger partial charge in [0.05, 0.1) is 24.3 Å². The Bertz CT molecular complexity index is 535. The van der Waals surface area contributed by atoms with E-state index in [-0.39, 0.29) is 11.5 Å². The number of rotatable bonds is 3. The van der Waals surface area contributed by atoms with Gasteiger partial charge in [-0.15, -0.1) is 0 Å². The molecule has 2 fully saturated rings. The maximum absolute atomic E-state index is 10.8. The van der Waals surface area contributed by atoms with E-state index in [4.69, 9.17) is 4.74 Å². The van der Waals surface area contributed by atoms with Crippen molar-refractivity contribution in [2.24, 2.45) is 5.92 Å². The molecule has 3 rings (SSSR count). The second kappa shape index (κ2) is 6.15. The zero-order valence-electron chi connectivity index (χ0n) is 14.8. The predicted molar refractivity (Wildman–Crippen MR) is 88.0 cm³/mol. The second-order valence-corrected chi connectivity index (χ2v) is 8.23. The van der Waals surface area contributed by atoms with Crippen LogP contribution in [-0.2, 0) is 16.8 Å². The van der Waals surface area contributed by atoms with Crippen molar-refractivity contribution in [1.29, 1.82) is 0 Å². The largest absolute Gasteiger partial charge is 0.390 e. The molecule has 0 radical (unpaired) electrons. The third-order valence-electron chi connectivity index (χ3n) is 5.33. The van der Waals surface area contributed by atoms with Crippen LogP contribution in [0.4, 0.5) is 0 Å². The number of aromatic nitrogens is 3. The Labute approximate surface area is 138 Å². The van der Waals surface area contributed by atoms with Gasteiger partial charge in [0.25, 0.3) is 0 Å². The average Bonchev–Trinajstić information content (AvgIpc) is 3.07. The molecule has 130 valence electrons. The molecule has 0 saturated carbocycles. The van der Waals surface area contributed by atoms with Gasteiger partial charge in [0.2, 0.25) is 0 Å². The molecule has 1 N–H and O–H groups in total. The fourth-order valence-corrected chi connectivity index (χ4v) is 4.00. The summed E-state index contributed by atoms with van der Waals surface area (Å²) in [5.41, 5.74) is -0.705. The molecule has 2 aliphatic heterocycles. The lowest BCUT2D eigenvalue weighted by Gasteiger charge is -2.43. The van der Waals surface area contributed by atoms with E-state index in [1.165, 1.54) is 6.42 Å². The van der Waals surface area contributed by atoms with E-state index in [9.17, 15) is 5.11 Å². The molecule has 23 heavy (non-hydrogen) atoms. The molecule has 0 unspecified atom stereocenters. The number of hydrogen-bond acceptors (Lipinski definition) is 5. The highest BCUT2D eigenvalue weighted by molar-refractivity contribution is 4.99. The molecule has 0 amide bonds. The Balaban J connectivity index is 1.76. The maximum atomic E-state index is 10.8. The van der Waals surface area contributed by atoms with Crippen LogP contribution in [0.5, 0.6) is 0 Å². The SMILES string of the molecule is CC(C)(C)n1ncnc1CN1CCC[C@H]1[C@H]1COCC[C@]1(C)O. The Morgan fingerprint density at radius 2 is 2.22 bits per heavy atom. The molecule has 0 aromatic carbocycles. The van der Waals surface area contributed by atoms with Crippen LogP contribution in [0, 0.1) is 5.92 Å². The lowest BCUT2D eigenvalue weighted by molar-refractivity contribution is -0.123. The predicted octanol–water partition coefficient (Wildman–Crippen LogP) is 1.78. The first-order valence-corrected chi connectivity index (χ1v) is 8.72. The number of aliphatic hydroxyl groups is 1. The lowest BCUT2D eigenvalue weighted by atomic mass is 9.79. The van der Waals surface area contributed by atoms with Gasteiger partial charge in [-0.25, -0.2) is 9.67 Å². The van der Waals surface area contributed by atoms with E-state index in [1.807, 2.05) is 11.6 Å². The summed E-state index contributed by atoms with van der Waals surface area (Å²) in [4.78, 5) is 6.94. The van der Waals surface area contributed by atoms with Crippen molar-refractivity contribution < 1.29 is 9.84 Å². The van der Waals surface area contributed by atoms with Crippen LogP contribution >= 0.6 is 0 Å². The zero-order valence-corrected chi connectivity index (χ0v) is 14.8. The molecule has 1 aromatic rings. The monoisotopic (exact) mass is 322 g/mol. The zero-order chi connectivity index (χ0) is 16.7. The third-order valence-corrected chi connectivity index (χ3v) is 5.33. The summed E-state index contributed by atoms with van der Waals surface area (Å²) >= 11 is 0. The first-order valence-electron chi connectivity index (χ1n) is 8.72. The van der Waals surface area contributed by atoms with Gasteiger partial charge in [0, 0.05) is 18.6 Å². The molecular weight excluding hydrogens is 292 g/mol. The van der Waals surface area contributed by atoms with Gasteiger partial charge in [-0.05, 0) is 53.5 Å². The van der Waals surface area contributed by atoms with Crippen LogP contribution < -0.4 is 0 Å². The second-order valence-electron chi connectivity index (χ2n) is 8.23. The number of ether oxygens (including phenoxy) is 1. The highest BCUT2D eigenvalue weighted by atomic mass is 16.5. The van der Waals surface area contributed by atoms with Crippen LogP contribution in [0.2, 0.25) is 0 Å². The van der Waals surface area contributed by atoms with E-state index >= 15 is 0 Å². The quantitative estimate of drug-likeness (QED) is 0.919. The molecule has 6 heteroatoms. The van der Waals surface area contributed by atoms with Crippen LogP contribution in [0.25, 0.3) is 0 Å². The molecule has 0 aliphatic carbocycles. The van der Waals surface area contributed by atoms with Crippen LogP contribution in [0.1, 0.15) is 52.8 Å². The first kappa shape index (κ1) is 16.9. The smallest absolute Gasteiger partial charge is 0.141 e. The molecular formula is C17H30N4O2. The molecule has 3 heterocycles. The molecule has 0 spiro atoms. The summed E-state index contributed by atoms with van der Waals surface area (Å²) in [6.45, 7) is 11.6. The Hall–Kier alpha value is -0.980. The fraction of sp³-hybridized carbons (Fsp3) is 0.882. The minimum atomic E-state index is -0.636. The summed E-state index contributed by atoms with van der Waals surface area (Å²) in [5.74, 6) is 1.17. The summed E-state index contributed by atoms with van der Waals surface area (Å²) < 4.78 is 7.68. The van der Waals surface area contributed by atoms with E-state index in [1.54, 1.807) is 6.33 Å². The Kier molecular flexibility index (Phi) is 4.51. The van der Waals surface area contributed by atoms with Gasteiger partial charge < -0.3 is 9.84 Å². The van der Waals surface area contributed by atoms with Crippen molar-refractivity contribution in [2.45, 2.75) is 70.7 Å². The molecule has 2 saturated heterocycles. The van der Waals surface area contributed by atoms with E-state index < -0.39 is 5.60 Å². The number of hydrogen-bond donors (Lipinski definition) is 1. The van der Waals surface area contributed by atoms with Gasteiger partial charge >= 0.3 is 0 Å². The summed E-state index contributed by atoms with van der Waals surface area (Å²) in [5, 5.41) is 15.2. The molecule has 3 atom stereocenters. The van der Waals surface area contributed by atoms with Crippen molar-refractivity contribution in [1.82, 2.24) is 19.7 Å². The van der Waals surface area contributed by atoms with Gasteiger partial charge in [-0.1, -0.05) is 0 Å². The van der Waals surface area contributed by atoms with Gasteiger partial charge in [0.15, 0.2) is 0 Å². The Morgan fingerprint density at radius 1 is 1.43 bits per heavy atom. The van der Waals surface area contributed by atoms with Crippen LogP contribution in [0.15, 0.2) is 6.33 Å². The van der Waals surface area contributed by atoms with E-state index in [0.717, 1.165) is 31.8 Å². The highest BCUT2D eigenvalue weighted by Gasteiger charge is 2.44. The lowest BCUT2D eigenvalue weighted by Crippen LogP contribution is -2.52. The molecule has 6 nitrogen and oxygen atoms in total. The van der Waals surface area contributed by atoms with Gasteiger partial charge in [-0.2, -0.15) is 5.10 Å². The van der Waals surface area contributed by atoms with E-state index in [2.05, 4.69) is 35.8 Å². The van der Waals surface area contributed by atoms with Crippen LogP contribution in [0.3, 0.4) is 0 Å². The minimum Gasteiger partial charge on any atom is -0.390 e. The van der Waals surface area contributed by atoms with Gasteiger partial charge in [-0.3, -0.25) is 4.90 Å². The fourth-order valence-electron chi connectivity index (χ4n) is 4.00. The topological polar surface area (TPSA) is 63.4 Å². The standard InChI is InChI=1S/C17H30N4O2/c1-16(2,3)21-15(18-12-19-21)10-20-8-5-6-14(20)13-11-23-9-7-17(13,4)22/h12-14,22H,5-11H2,1-4H3/t13-,14+,17+/m1/s1. The van der Waals surface area contributed by atoms with Crippen molar-refractivity contribution in [3.8, 4) is 0 Å². The number of nitrogens with zero attached hydrogens (tertiary/aromatic N) is 4. The first-order chi connectivity index (χ1) is 10.8. The Morgan fingerprint density at radius 3 is 2.91 bits per heavy atom. The third kappa shape index (κ3) is 3.44. The highest BCUT2D eigenvalue weighted by Crippen LogP contribution is 2.36.